The summed E-state index contributed by atoms with van der Waals surface area (Å²) in [7, 11) is 0. The Morgan fingerprint density at radius 1 is 0.944 bits per heavy atom. The first-order valence-corrected chi connectivity index (χ1v) is 13.5. The second-order valence-electron chi connectivity index (χ2n) is 7.69. The molecule has 5 nitrogen and oxygen atoms in total. The number of nitrogens with zero attached hydrogens (tertiary/aromatic N) is 1. The van der Waals surface area contributed by atoms with Crippen LogP contribution in [-0.4, -0.2) is 22.7 Å². The van der Waals surface area contributed by atoms with Crippen molar-refractivity contribution in [3.63, 3.8) is 0 Å². The third-order valence-electron chi connectivity index (χ3n) is 5.12. The third-order valence-corrected chi connectivity index (χ3v) is 7.61. The molecule has 10 heteroatoms. The maximum Gasteiger partial charge on any atom is 0.293 e. The second kappa shape index (κ2) is 11.9. The topological polar surface area (TPSA) is 55.8 Å². The summed E-state index contributed by atoms with van der Waals surface area (Å²) in [5.41, 5.74) is 2.34. The molecule has 1 heterocycles. The molecule has 0 radical (unpaired) electrons. The Balaban J connectivity index is 1.54. The van der Waals surface area contributed by atoms with Crippen molar-refractivity contribution in [1.29, 1.82) is 0 Å². The van der Waals surface area contributed by atoms with Crippen LogP contribution in [0.5, 0.6) is 11.5 Å². The lowest BCUT2D eigenvalue weighted by atomic mass is 10.1. The molecule has 0 aliphatic carbocycles. The van der Waals surface area contributed by atoms with Crippen LogP contribution in [0.2, 0.25) is 15.1 Å². The van der Waals surface area contributed by atoms with Gasteiger partial charge in [-0.15, -0.1) is 0 Å². The zero-order valence-electron chi connectivity index (χ0n) is 18.9. The highest BCUT2D eigenvalue weighted by Crippen LogP contribution is 2.40. The average molecular weight is 628 g/mol. The summed E-state index contributed by atoms with van der Waals surface area (Å²) >= 11 is 22.5. The summed E-state index contributed by atoms with van der Waals surface area (Å²) in [4.78, 5) is 27.1. The van der Waals surface area contributed by atoms with Gasteiger partial charge in [0.2, 0.25) is 0 Å². The molecule has 2 amide bonds. The SMILES string of the molecule is CCOc1cc(/C=C2\SC(=O)N(Cc3ccc(Cl)cc3)C2=O)cc(Br)c1OCc1ccc(Cl)c(Cl)c1. The van der Waals surface area contributed by atoms with Crippen LogP contribution in [0.3, 0.4) is 0 Å². The number of halogens is 4. The molecule has 3 aromatic rings. The first-order valence-electron chi connectivity index (χ1n) is 10.8. The highest BCUT2D eigenvalue weighted by molar-refractivity contribution is 9.10. The normalized spacial score (nSPS) is 14.6. The van der Waals surface area contributed by atoms with E-state index < -0.39 is 0 Å². The highest BCUT2D eigenvalue weighted by Gasteiger charge is 2.35. The average Bonchev–Trinajstić information content (AvgIpc) is 3.09. The van der Waals surface area contributed by atoms with Crippen LogP contribution in [-0.2, 0) is 17.9 Å². The number of amides is 2. The molecule has 36 heavy (non-hydrogen) atoms. The monoisotopic (exact) mass is 625 g/mol. The minimum Gasteiger partial charge on any atom is -0.490 e. The smallest absolute Gasteiger partial charge is 0.293 e. The molecule has 3 aromatic carbocycles. The van der Waals surface area contributed by atoms with E-state index in [4.69, 9.17) is 44.3 Å². The minimum absolute atomic E-state index is 0.175. The van der Waals surface area contributed by atoms with Gasteiger partial charge in [0, 0.05) is 5.02 Å². The first-order chi connectivity index (χ1) is 17.2. The van der Waals surface area contributed by atoms with E-state index in [0.717, 1.165) is 22.9 Å². The largest absolute Gasteiger partial charge is 0.490 e. The van der Waals surface area contributed by atoms with E-state index in [1.54, 1.807) is 54.6 Å². The summed E-state index contributed by atoms with van der Waals surface area (Å²) in [6.07, 6.45) is 1.67. The summed E-state index contributed by atoms with van der Waals surface area (Å²) in [6.45, 7) is 2.70. The fourth-order valence-electron chi connectivity index (χ4n) is 3.42. The summed E-state index contributed by atoms with van der Waals surface area (Å²) < 4.78 is 12.5. The maximum atomic E-state index is 13.0. The lowest BCUT2D eigenvalue weighted by molar-refractivity contribution is -0.123. The van der Waals surface area contributed by atoms with Crippen molar-refractivity contribution in [2.75, 3.05) is 6.61 Å². The number of hydrogen-bond donors (Lipinski definition) is 0. The van der Waals surface area contributed by atoms with E-state index in [9.17, 15) is 9.59 Å². The molecule has 1 aliphatic rings. The Labute approximate surface area is 236 Å². The number of carbonyl (C=O) groups is 2. The van der Waals surface area contributed by atoms with Gasteiger partial charge in [0.1, 0.15) is 6.61 Å². The van der Waals surface area contributed by atoms with Gasteiger partial charge in [0.15, 0.2) is 11.5 Å². The number of carbonyl (C=O) groups excluding carboxylic acids is 2. The number of thioether (sulfide) groups is 1. The summed E-state index contributed by atoms with van der Waals surface area (Å²) in [6, 6.07) is 15.9. The minimum atomic E-state index is -0.353. The van der Waals surface area contributed by atoms with Crippen LogP contribution in [0.25, 0.3) is 6.08 Å². The van der Waals surface area contributed by atoms with Crippen LogP contribution in [0, 0.1) is 0 Å². The fourth-order valence-corrected chi connectivity index (χ4v) is 5.28. The zero-order chi connectivity index (χ0) is 25.8. The zero-order valence-corrected chi connectivity index (χ0v) is 23.6. The molecule has 1 aliphatic heterocycles. The van der Waals surface area contributed by atoms with Gasteiger partial charge < -0.3 is 9.47 Å². The molecule has 1 fully saturated rings. The Hall–Kier alpha value is -2.16. The number of benzene rings is 3. The van der Waals surface area contributed by atoms with Crippen LogP contribution in [0.1, 0.15) is 23.6 Å². The van der Waals surface area contributed by atoms with Crippen LogP contribution < -0.4 is 9.47 Å². The molecule has 0 unspecified atom stereocenters. The lowest BCUT2D eigenvalue weighted by Crippen LogP contribution is -2.27. The molecular weight excluding hydrogens is 609 g/mol. The second-order valence-corrected chi connectivity index (χ2v) is 10.8. The summed E-state index contributed by atoms with van der Waals surface area (Å²) in [5.74, 6) is 0.656. The van der Waals surface area contributed by atoms with Crippen molar-refractivity contribution in [1.82, 2.24) is 4.90 Å². The Morgan fingerprint density at radius 2 is 1.67 bits per heavy atom. The molecule has 0 atom stereocenters. The van der Waals surface area contributed by atoms with Crippen molar-refractivity contribution < 1.29 is 19.1 Å². The van der Waals surface area contributed by atoms with Crippen molar-refractivity contribution in [2.45, 2.75) is 20.1 Å². The van der Waals surface area contributed by atoms with Crippen molar-refractivity contribution in [2.24, 2.45) is 0 Å². The van der Waals surface area contributed by atoms with Gasteiger partial charge in [-0.2, -0.15) is 0 Å². The third kappa shape index (κ3) is 6.39. The van der Waals surface area contributed by atoms with E-state index in [1.165, 1.54) is 4.90 Å². The van der Waals surface area contributed by atoms with Gasteiger partial charge in [-0.05, 0) is 93.8 Å². The van der Waals surface area contributed by atoms with Gasteiger partial charge in [-0.3, -0.25) is 14.5 Å². The Kier molecular flexibility index (Phi) is 8.91. The van der Waals surface area contributed by atoms with Crippen molar-refractivity contribution >= 4 is 79.7 Å². The predicted octanol–water partition coefficient (Wildman–Crippen LogP) is 8.62. The number of hydrogen-bond acceptors (Lipinski definition) is 5. The summed E-state index contributed by atoms with van der Waals surface area (Å²) in [5, 5.41) is 1.18. The quantitative estimate of drug-likeness (QED) is 0.234. The molecule has 4 rings (SSSR count). The standard InChI is InChI=1S/C26H19BrCl3NO4S/c1-2-34-22-11-17(9-19(27)24(22)35-14-16-5-8-20(29)21(30)10-16)12-23-25(32)31(26(33)36-23)13-15-3-6-18(28)7-4-15/h3-12H,2,13-14H2,1H3/b23-12-. The van der Waals surface area contributed by atoms with E-state index in [-0.39, 0.29) is 24.3 Å². The van der Waals surface area contributed by atoms with Gasteiger partial charge in [0.05, 0.1) is 32.6 Å². The lowest BCUT2D eigenvalue weighted by Gasteiger charge is -2.15. The van der Waals surface area contributed by atoms with Crippen LogP contribution in [0.15, 0.2) is 64.0 Å². The van der Waals surface area contributed by atoms with Crippen LogP contribution in [0.4, 0.5) is 4.79 Å². The van der Waals surface area contributed by atoms with Crippen LogP contribution >= 0.6 is 62.5 Å². The van der Waals surface area contributed by atoms with E-state index in [2.05, 4.69) is 15.9 Å². The van der Waals surface area contributed by atoms with Gasteiger partial charge in [0.25, 0.3) is 11.1 Å². The van der Waals surface area contributed by atoms with E-state index >= 15 is 0 Å². The molecule has 186 valence electrons. The molecular formula is C26H19BrCl3NO4S. The van der Waals surface area contributed by atoms with Crippen molar-refractivity contribution in [3.8, 4) is 11.5 Å². The van der Waals surface area contributed by atoms with E-state index in [1.807, 2.05) is 13.0 Å². The molecule has 0 spiro atoms. The molecule has 0 bridgehead atoms. The molecule has 0 aromatic heterocycles. The molecule has 1 saturated heterocycles. The number of ether oxygens (including phenoxy) is 2. The van der Waals surface area contributed by atoms with Gasteiger partial charge in [-0.25, -0.2) is 0 Å². The van der Waals surface area contributed by atoms with Crippen molar-refractivity contribution in [3.05, 3.63) is 95.7 Å². The van der Waals surface area contributed by atoms with E-state index in [0.29, 0.717) is 48.1 Å². The molecule has 0 N–H and O–H groups in total. The first kappa shape index (κ1) is 26.9. The Bertz CT molecular complexity index is 1350. The Morgan fingerprint density at radius 3 is 2.36 bits per heavy atom. The highest BCUT2D eigenvalue weighted by atomic mass is 79.9. The fraction of sp³-hybridized carbons (Fsp3) is 0.154. The number of rotatable bonds is 8. The van der Waals surface area contributed by atoms with Gasteiger partial charge in [-0.1, -0.05) is 53.0 Å². The maximum absolute atomic E-state index is 13.0. The molecule has 0 saturated carbocycles. The predicted molar refractivity (Wildman–Crippen MR) is 149 cm³/mol. The number of imide groups is 1. The van der Waals surface area contributed by atoms with Gasteiger partial charge >= 0.3 is 0 Å².